The van der Waals surface area contributed by atoms with Gasteiger partial charge >= 0.3 is 11.9 Å². The highest BCUT2D eigenvalue weighted by atomic mass is 16.7. The Hall–Kier alpha value is -3.27. The summed E-state index contributed by atoms with van der Waals surface area (Å²) in [5.74, 6) is -0.498. The molecule has 0 aromatic heterocycles. The van der Waals surface area contributed by atoms with Gasteiger partial charge in [-0.3, -0.25) is 4.79 Å². The highest BCUT2D eigenvalue weighted by Gasteiger charge is 2.36. The molecule has 10 nitrogen and oxygen atoms in total. The Balaban J connectivity index is 1.89. The fourth-order valence-corrected chi connectivity index (χ4v) is 3.59. The third kappa shape index (κ3) is 3.25. The fourth-order valence-electron chi connectivity index (χ4n) is 3.59. The molecule has 1 amide bonds. The van der Waals surface area contributed by atoms with Crippen LogP contribution < -0.4 is 19.3 Å². The summed E-state index contributed by atoms with van der Waals surface area (Å²) in [6, 6.07) is 3.36. The topological polar surface area (TPSA) is 104 Å². The van der Waals surface area contributed by atoms with Crippen LogP contribution in [0.4, 0.5) is 11.4 Å². The highest BCUT2D eigenvalue weighted by molar-refractivity contribution is 6.06. The lowest BCUT2D eigenvalue weighted by Gasteiger charge is -2.34. The number of hydrogen-bond acceptors (Lipinski definition) is 9. The number of amides is 1. The van der Waals surface area contributed by atoms with Crippen molar-refractivity contribution in [1.82, 2.24) is 0 Å². The Morgan fingerprint density at radius 3 is 2.24 bits per heavy atom. The Morgan fingerprint density at radius 2 is 1.66 bits per heavy atom. The summed E-state index contributed by atoms with van der Waals surface area (Å²) in [4.78, 5) is 40.4. The van der Waals surface area contributed by atoms with E-state index in [1.807, 2.05) is 0 Å². The SMILES string of the molecule is COC(=O)C1=C(C(=O)OC)N(c2cc3c(cc2N2CCCC2=O)OCO3)COC1. The molecule has 1 fully saturated rings. The van der Waals surface area contributed by atoms with Gasteiger partial charge in [0.2, 0.25) is 12.7 Å². The summed E-state index contributed by atoms with van der Waals surface area (Å²) in [7, 11) is 2.44. The van der Waals surface area contributed by atoms with Crippen LogP contribution in [-0.4, -0.2) is 58.7 Å². The summed E-state index contributed by atoms with van der Waals surface area (Å²) >= 11 is 0. The molecule has 3 aliphatic rings. The van der Waals surface area contributed by atoms with E-state index in [4.69, 9.17) is 23.7 Å². The molecule has 10 heteroatoms. The molecule has 0 bridgehead atoms. The minimum absolute atomic E-state index is 0.00244. The van der Waals surface area contributed by atoms with Crippen molar-refractivity contribution in [3.8, 4) is 11.5 Å². The van der Waals surface area contributed by atoms with Gasteiger partial charge < -0.3 is 33.5 Å². The zero-order valence-electron chi connectivity index (χ0n) is 16.1. The standard InChI is InChI=1S/C19H20N2O8/c1-25-18(23)11-8-27-9-21(17(11)19(24)26-2)13-7-15-14(28-10-29-15)6-12(13)20-5-3-4-16(20)22/h6-7H,3-5,8-10H2,1-2H3. The van der Waals surface area contributed by atoms with Gasteiger partial charge in [0.25, 0.3) is 0 Å². The molecule has 1 saturated heterocycles. The average Bonchev–Trinajstić information content (AvgIpc) is 3.39. The second kappa shape index (κ2) is 7.63. The normalized spacial score (nSPS) is 18.3. The molecule has 3 aliphatic heterocycles. The van der Waals surface area contributed by atoms with E-state index < -0.39 is 11.9 Å². The predicted molar refractivity (Wildman–Crippen MR) is 98.5 cm³/mol. The first-order chi connectivity index (χ1) is 14.0. The van der Waals surface area contributed by atoms with Gasteiger partial charge in [-0.1, -0.05) is 0 Å². The van der Waals surface area contributed by atoms with Crippen molar-refractivity contribution in [3.05, 3.63) is 23.4 Å². The molecule has 154 valence electrons. The van der Waals surface area contributed by atoms with Crippen LogP contribution >= 0.6 is 0 Å². The third-order valence-corrected chi connectivity index (χ3v) is 4.96. The number of rotatable bonds is 4. The first-order valence-electron chi connectivity index (χ1n) is 9.04. The Morgan fingerprint density at radius 1 is 1.00 bits per heavy atom. The van der Waals surface area contributed by atoms with Crippen molar-refractivity contribution in [3.63, 3.8) is 0 Å². The molecular weight excluding hydrogens is 384 g/mol. The largest absolute Gasteiger partial charge is 0.466 e. The number of methoxy groups -OCH3 is 2. The number of esters is 2. The van der Waals surface area contributed by atoms with Crippen LogP contribution in [0.25, 0.3) is 0 Å². The van der Waals surface area contributed by atoms with E-state index in [0.29, 0.717) is 35.8 Å². The molecule has 1 aromatic carbocycles. The number of benzene rings is 1. The van der Waals surface area contributed by atoms with Gasteiger partial charge in [-0.05, 0) is 6.42 Å². The second-order valence-corrected chi connectivity index (χ2v) is 6.56. The zero-order valence-corrected chi connectivity index (χ0v) is 16.1. The van der Waals surface area contributed by atoms with Crippen LogP contribution in [-0.2, 0) is 28.6 Å². The lowest BCUT2D eigenvalue weighted by molar-refractivity contribution is -0.140. The van der Waals surface area contributed by atoms with Crippen molar-refractivity contribution >= 4 is 29.2 Å². The Labute approximate surface area is 166 Å². The van der Waals surface area contributed by atoms with Crippen LogP contribution in [0.2, 0.25) is 0 Å². The van der Waals surface area contributed by atoms with Crippen LogP contribution in [0.15, 0.2) is 23.4 Å². The van der Waals surface area contributed by atoms with Gasteiger partial charge in [-0.25, -0.2) is 9.59 Å². The third-order valence-electron chi connectivity index (χ3n) is 4.96. The fraction of sp³-hybridized carbons (Fsp3) is 0.421. The zero-order chi connectivity index (χ0) is 20.5. The number of fused-ring (bicyclic) bond motifs is 1. The quantitative estimate of drug-likeness (QED) is 0.678. The van der Waals surface area contributed by atoms with Crippen LogP contribution in [0.1, 0.15) is 12.8 Å². The van der Waals surface area contributed by atoms with E-state index in [2.05, 4.69) is 0 Å². The van der Waals surface area contributed by atoms with Crippen LogP contribution in [0, 0.1) is 0 Å². The molecule has 0 atom stereocenters. The number of nitrogens with zero attached hydrogens (tertiary/aromatic N) is 2. The van der Waals surface area contributed by atoms with Crippen molar-refractivity contribution in [2.45, 2.75) is 12.8 Å². The van der Waals surface area contributed by atoms with E-state index in [0.717, 1.165) is 6.42 Å². The van der Waals surface area contributed by atoms with Crippen LogP contribution in [0.3, 0.4) is 0 Å². The Bertz CT molecular complexity index is 910. The number of ether oxygens (including phenoxy) is 5. The maximum atomic E-state index is 12.6. The van der Waals surface area contributed by atoms with E-state index in [9.17, 15) is 14.4 Å². The summed E-state index contributed by atoms with van der Waals surface area (Å²) in [5, 5.41) is 0. The molecule has 0 aliphatic carbocycles. The average molecular weight is 404 g/mol. The molecule has 29 heavy (non-hydrogen) atoms. The summed E-state index contributed by atoms with van der Waals surface area (Å²) < 4.78 is 26.2. The molecule has 0 saturated carbocycles. The number of anilines is 2. The number of hydrogen-bond donors (Lipinski definition) is 0. The monoisotopic (exact) mass is 404 g/mol. The van der Waals surface area contributed by atoms with Gasteiger partial charge in [-0.2, -0.15) is 0 Å². The van der Waals surface area contributed by atoms with E-state index >= 15 is 0 Å². The van der Waals surface area contributed by atoms with Crippen molar-refractivity contribution < 1.29 is 38.1 Å². The summed E-state index contributed by atoms with van der Waals surface area (Å²) in [5.41, 5.74) is 1.03. The lowest BCUT2D eigenvalue weighted by atomic mass is 10.1. The van der Waals surface area contributed by atoms with Crippen molar-refractivity contribution in [2.24, 2.45) is 0 Å². The molecule has 0 unspecified atom stereocenters. The minimum Gasteiger partial charge on any atom is -0.466 e. The summed E-state index contributed by atoms with van der Waals surface area (Å²) in [6.45, 7) is 0.451. The van der Waals surface area contributed by atoms with Gasteiger partial charge in [0.1, 0.15) is 12.4 Å². The first-order valence-corrected chi connectivity index (χ1v) is 9.04. The van der Waals surface area contributed by atoms with E-state index in [1.54, 1.807) is 17.0 Å². The molecular formula is C19H20N2O8. The van der Waals surface area contributed by atoms with Gasteiger partial charge in [0, 0.05) is 25.1 Å². The highest BCUT2D eigenvalue weighted by Crippen LogP contribution is 2.45. The smallest absolute Gasteiger partial charge is 0.355 e. The van der Waals surface area contributed by atoms with Gasteiger partial charge in [0.15, 0.2) is 11.5 Å². The van der Waals surface area contributed by atoms with Gasteiger partial charge in [-0.15, -0.1) is 0 Å². The van der Waals surface area contributed by atoms with Gasteiger partial charge in [0.05, 0.1) is 37.8 Å². The van der Waals surface area contributed by atoms with E-state index in [1.165, 1.54) is 19.1 Å². The van der Waals surface area contributed by atoms with Crippen LogP contribution in [0.5, 0.6) is 11.5 Å². The number of carbonyl (C=O) groups is 3. The van der Waals surface area contributed by atoms with E-state index in [-0.39, 0.29) is 37.3 Å². The second-order valence-electron chi connectivity index (χ2n) is 6.56. The molecule has 3 heterocycles. The van der Waals surface area contributed by atoms with Crippen molar-refractivity contribution in [2.75, 3.05) is 50.7 Å². The minimum atomic E-state index is -0.718. The van der Waals surface area contributed by atoms with Crippen molar-refractivity contribution in [1.29, 1.82) is 0 Å². The number of carbonyl (C=O) groups excluding carboxylic acids is 3. The molecule has 0 N–H and O–H groups in total. The molecule has 0 radical (unpaired) electrons. The predicted octanol–water partition coefficient (Wildman–Crippen LogP) is 0.936. The Kier molecular flexibility index (Phi) is 5.01. The lowest BCUT2D eigenvalue weighted by Crippen LogP contribution is -2.39. The molecule has 0 spiro atoms. The maximum absolute atomic E-state index is 12.6. The molecule has 1 aromatic rings. The maximum Gasteiger partial charge on any atom is 0.355 e. The molecule has 4 rings (SSSR count). The first kappa shape index (κ1) is 19.1. The summed E-state index contributed by atoms with van der Waals surface area (Å²) in [6.07, 6.45) is 1.15.